The van der Waals surface area contributed by atoms with Gasteiger partial charge in [0.05, 0.1) is 12.1 Å². The SMILES string of the molecule is CNC(=O)CN(C)c1ccc(N)c(C(F)(F)F)c1. The molecule has 18 heavy (non-hydrogen) atoms. The van der Waals surface area contributed by atoms with Crippen LogP contribution in [0.4, 0.5) is 24.5 Å². The molecule has 1 aromatic carbocycles. The van der Waals surface area contributed by atoms with Gasteiger partial charge in [0.25, 0.3) is 0 Å². The molecule has 1 aromatic rings. The zero-order valence-electron chi connectivity index (χ0n) is 10.0. The number of likely N-dealkylation sites (N-methyl/N-ethyl adjacent to an activating group) is 2. The fourth-order valence-corrected chi connectivity index (χ4v) is 1.41. The molecule has 100 valence electrons. The second-order valence-electron chi connectivity index (χ2n) is 3.80. The van der Waals surface area contributed by atoms with Crippen LogP contribution in [0.15, 0.2) is 18.2 Å². The Kier molecular flexibility index (Phi) is 4.05. The molecule has 1 amide bonds. The van der Waals surface area contributed by atoms with E-state index in [1.54, 1.807) is 0 Å². The Labute approximate surface area is 103 Å². The molecule has 0 unspecified atom stereocenters. The highest BCUT2D eigenvalue weighted by Crippen LogP contribution is 2.35. The third-order valence-corrected chi connectivity index (χ3v) is 2.44. The summed E-state index contributed by atoms with van der Waals surface area (Å²) in [5.74, 6) is -0.289. The number of hydrogen-bond donors (Lipinski definition) is 2. The largest absolute Gasteiger partial charge is 0.418 e. The van der Waals surface area contributed by atoms with Crippen LogP contribution in [-0.2, 0) is 11.0 Å². The third kappa shape index (κ3) is 3.28. The lowest BCUT2D eigenvalue weighted by molar-refractivity contribution is -0.136. The van der Waals surface area contributed by atoms with Crippen molar-refractivity contribution in [2.45, 2.75) is 6.18 Å². The van der Waals surface area contributed by atoms with Crippen LogP contribution in [0.2, 0.25) is 0 Å². The fourth-order valence-electron chi connectivity index (χ4n) is 1.41. The Morgan fingerprint density at radius 1 is 1.44 bits per heavy atom. The number of nitrogens with one attached hydrogen (secondary N) is 1. The normalized spacial score (nSPS) is 11.2. The Hall–Kier alpha value is -1.92. The molecule has 0 heterocycles. The Balaban J connectivity index is 3.01. The van der Waals surface area contributed by atoms with Gasteiger partial charge in [0.15, 0.2) is 0 Å². The number of nitrogen functional groups attached to an aromatic ring is 1. The smallest absolute Gasteiger partial charge is 0.398 e. The van der Waals surface area contributed by atoms with Crippen LogP contribution in [-0.4, -0.2) is 26.5 Å². The second-order valence-corrected chi connectivity index (χ2v) is 3.80. The minimum Gasteiger partial charge on any atom is -0.398 e. The van der Waals surface area contributed by atoms with Gasteiger partial charge < -0.3 is 16.0 Å². The molecule has 0 saturated carbocycles. The van der Waals surface area contributed by atoms with Crippen LogP contribution in [0, 0.1) is 0 Å². The van der Waals surface area contributed by atoms with Crippen molar-refractivity contribution < 1.29 is 18.0 Å². The lowest BCUT2D eigenvalue weighted by atomic mass is 10.1. The van der Waals surface area contributed by atoms with Crippen LogP contribution in [0.3, 0.4) is 0 Å². The summed E-state index contributed by atoms with van der Waals surface area (Å²) in [5, 5.41) is 2.39. The Morgan fingerprint density at radius 3 is 2.56 bits per heavy atom. The molecule has 0 atom stereocenters. The number of nitrogens with zero attached hydrogens (tertiary/aromatic N) is 1. The molecule has 0 aliphatic rings. The maximum atomic E-state index is 12.6. The number of hydrogen-bond acceptors (Lipinski definition) is 3. The topological polar surface area (TPSA) is 58.4 Å². The molecule has 0 bridgehead atoms. The van der Waals surface area contributed by atoms with Crippen LogP contribution in [0.5, 0.6) is 0 Å². The first-order valence-electron chi connectivity index (χ1n) is 5.14. The van der Waals surface area contributed by atoms with E-state index in [0.717, 1.165) is 6.07 Å². The summed E-state index contributed by atoms with van der Waals surface area (Å²) >= 11 is 0. The van der Waals surface area contributed by atoms with Gasteiger partial charge in [-0.1, -0.05) is 0 Å². The van der Waals surface area contributed by atoms with Crippen molar-refractivity contribution in [3.63, 3.8) is 0 Å². The number of nitrogens with two attached hydrogens (primary N) is 1. The summed E-state index contributed by atoms with van der Waals surface area (Å²) in [6, 6.07) is 3.55. The van der Waals surface area contributed by atoms with E-state index in [-0.39, 0.29) is 23.8 Å². The van der Waals surface area contributed by atoms with E-state index in [1.807, 2.05) is 0 Å². The van der Waals surface area contributed by atoms with Crippen molar-refractivity contribution in [2.24, 2.45) is 0 Å². The molecular weight excluding hydrogens is 247 g/mol. The number of halogens is 3. The zero-order valence-corrected chi connectivity index (χ0v) is 10.0. The van der Waals surface area contributed by atoms with Gasteiger partial charge >= 0.3 is 6.18 Å². The average Bonchev–Trinajstić information content (AvgIpc) is 2.27. The molecule has 0 radical (unpaired) electrons. The van der Waals surface area contributed by atoms with E-state index < -0.39 is 11.7 Å². The number of alkyl halides is 3. The number of amides is 1. The predicted molar refractivity (Wildman–Crippen MR) is 63.2 cm³/mol. The van der Waals surface area contributed by atoms with Crippen molar-refractivity contribution in [1.82, 2.24) is 5.32 Å². The van der Waals surface area contributed by atoms with Crippen LogP contribution < -0.4 is 16.0 Å². The molecule has 7 heteroatoms. The van der Waals surface area contributed by atoms with Gasteiger partial charge in [0, 0.05) is 25.5 Å². The molecular formula is C11H14F3N3O. The number of rotatable bonds is 3. The van der Waals surface area contributed by atoms with E-state index in [4.69, 9.17) is 5.73 Å². The molecule has 0 spiro atoms. The Morgan fingerprint density at radius 2 is 2.06 bits per heavy atom. The van der Waals surface area contributed by atoms with E-state index in [0.29, 0.717) is 0 Å². The third-order valence-electron chi connectivity index (χ3n) is 2.44. The van der Waals surface area contributed by atoms with Crippen LogP contribution >= 0.6 is 0 Å². The highest BCUT2D eigenvalue weighted by Gasteiger charge is 2.33. The highest BCUT2D eigenvalue weighted by atomic mass is 19.4. The summed E-state index contributed by atoms with van der Waals surface area (Å²) in [7, 11) is 2.99. The lowest BCUT2D eigenvalue weighted by Crippen LogP contribution is -2.33. The molecule has 0 aliphatic carbocycles. The van der Waals surface area contributed by atoms with Crippen molar-refractivity contribution in [3.8, 4) is 0 Å². The monoisotopic (exact) mass is 261 g/mol. The number of carbonyl (C=O) groups is 1. The zero-order chi connectivity index (χ0) is 13.9. The van der Waals surface area contributed by atoms with Gasteiger partial charge in [-0.25, -0.2) is 0 Å². The molecule has 0 fully saturated rings. The minimum absolute atomic E-state index is 0.0300. The maximum absolute atomic E-state index is 12.6. The first-order chi connectivity index (χ1) is 8.25. The van der Waals surface area contributed by atoms with E-state index in [9.17, 15) is 18.0 Å². The van der Waals surface area contributed by atoms with Gasteiger partial charge in [-0.05, 0) is 18.2 Å². The quantitative estimate of drug-likeness (QED) is 0.810. The van der Waals surface area contributed by atoms with Crippen molar-refractivity contribution in [2.75, 3.05) is 31.3 Å². The van der Waals surface area contributed by atoms with Crippen molar-refractivity contribution >= 4 is 17.3 Å². The van der Waals surface area contributed by atoms with Crippen molar-refractivity contribution in [1.29, 1.82) is 0 Å². The van der Waals surface area contributed by atoms with E-state index in [1.165, 1.54) is 31.1 Å². The van der Waals surface area contributed by atoms with Crippen LogP contribution in [0.25, 0.3) is 0 Å². The number of carbonyl (C=O) groups excluding carboxylic acids is 1. The molecule has 4 nitrogen and oxygen atoms in total. The van der Waals surface area contributed by atoms with Gasteiger partial charge in [-0.3, -0.25) is 4.79 Å². The fraction of sp³-hybridized carbons (Fsp3) is 0.364. The molecule has 3 N–H and O–H groups in total. The maximum Gasteiger partial charge on any atom is 0.418 e. The molecule has 0 aromatic heterocycles. The number of benzene rings is 1. The first-order valence-corrected chi connectivity index (χ1v) is 5.14. The molecule has 0 saturated heterocycles. The summed E-state index contributed by atoms with van der Waals surface area (Å²) in [6.45, 7) is -0.0300. The Bertz CT molecular complexity index is 446. The summed E-state index contributed by atoms with van der Waals surface area (Å²) < 4.78 is 37.9. The number of anilines is 2. The van der Waals surface area contributed by atoms with Gasteiger partial charge in [-0.2, -0.15) is 13.2 Å². The van der Waals surface area contributed by atoms with Gasteiger partial charge in [0.1, 0.15) is 0 Å². The average molecular weight is 261 g/mol. The standard InChI is InChI=1S/C11H14F3N3O/c1-16-10(18)6-17(2)7-3-4-9(15)8(5-7)11(12,13)14/h3-5H,6,15H2,1-2H3,(H,16,18). The van der Waals surface area contributed by atoms with Crippen molar-refractivity contribution in [3.05, 3.63) is 23.8 Å². The summed E-state index contributed by atoms with van der Waals surface area (Å²) in [6.07, 6.45) is -4.51. The second kappa shape index (κ2) is 5.16. The van der Waals surface area contributed by atoms with Gasteiger partial charge in [-0.15, -0.1) is 0 Å². The molecule has 1 rings (SSSR count). The predicted octanol–water partition coefficient (Wildman–Crippen LogP) is 1.47. The highest BCUT2D eigenvalue weighted by molar-refractivity contribution is 5.81. The van der Waals surface area contributed by atoms with E-state index >= 15 is 0 Å². The first kappa shape index (κ1) is 14.1. The lowest BCUT2D eigenvalue weighted by Gasteiger charge is -2.20. The minimum atomic E-state index is -4.51. The summed E-state index contributed by atoms with van der Waals surface area (Å²) in [5.41, 5.74) is 4.33. The van der Waals surface area contributed by atoms with E-state index in [2.05, 4.69) is 5.32 Å². The summed E-state index contributed by atoms with van der Waals surface area (Å²) in [4.78, 5) is 12.6. The van der Waals surface area contributed by atoms with Crippen LogP contribution in [0.1, 0.15) is 5.56 Å². The molecule has 0 aliphatic heterocycles. The van der Waals surface area contributed by atoms with Gasteiger partial charge in [0.2, 0.25) is 5.91 Å².